The van der Waals surface area contributed by atoms with Crippen molar-refractivity contribution in [2.24, 2.45) is 0 Å². The molecule has 1 heterocycles. The summed E-state index contributed by atoms with van der Waals surface area (Å²) in [5.74, 6) is 6.22. The van der Waals surface area contributed by atoms with Gasteiger partial charge in [-0.25, -0.2) is 9.78 Å². The van der Waals surface area contributed by atoms with Gasteiger partial charge in [0.05, 0.1) is 13.7 Å². The van der Waals surface area contributed by atoms with Crippen LogP contribution in [-0.4, -0.2) is 30.3 Å². The lowest BCUT2D eigenvalue weighted by molar-refractivity contribution is 0.0535. The largest absolute Gasteiger partial charge is 0.494 e. The lowest BCUT2D eigenvalue weighted by Crippen LogP contribution is -2.32. The third-order valence-electron chi connectivity index (χ3n) is 1.92. The Morgan fingerprint density at radius 1 is 1.47 bits per heavy atom. The standard InChI is InChI=1S/C14H18N2O3/c1-14(2,3)19-13(17)16-10-5-7-11-12(18-4)8-6-9-15-11/h6,8-9H,10H2,1-4H3,(H,16,17). The number of carbonyl (C=O) groups is 1. The van der Waals surface area contributed by atoms with Gasteiger partial charge in [-0.3, -0.25) is 0 Å². The van der Waals surface area contributed by atoms with Crippen LogP contribution in [0.25, 0.3) is 0 Å². The molecule has 19 heavy (non-hydrogen) atoms. The Bertz CT molecular complexity index is 495. The quantitative estimate of drug-likeness (QED) is 0.828. The number of nitrogens with zero attached hydrogens (tertiary/aromatic N) is 1. The SMILES string of the molecule is COc1cccnc1C#CCNC(=O)OC(C)(C)C. The number of hydrogen-bond donors (Lipinski definition) is 1. The van der Waals surface area contributed by atoms with Gasteiger partial charge in [-0.2, -0.15) is 0 Å². The molecule has 0 aliphatic carbocycles. The predicted octanol–water partition coefficient (Wildman–Crippen LogP) is 1.97. The van der Waals surface area contributed by atoms with Crippen molar-refractivity contribution in [3.05, 3.63) is 24.0 Å². The molecule has 1 amide bonds. The summed E-state index contributed by atoms with van der Waals surface area (Å²) in [4.78, 5) is 15.4. The van der Waals surface area contributed by atoms with E-state index in [9.17, 15) is 4.79 Å². The minimum Gasteiger partial charge on any atom is -0.494 e. The van der Waals surface area contributed by atoms with Crippen LogP contribution in [0.15, 0.2) is 18.3 Å². The van der Waals surface area contributed by atoms with Gasteiger partial charge in [0.1, 0.15) is 5.60 Å². The molecule has 0 unspecified atom stereocenters. The zero-order valence-electron chi connectivity index (χ0n) is 11.6. The molecule has 102 valence electrons. The summed E-state index contributed by atoms with van der Waals surface area (Å²) in [5.41, 5.74) is 0.0258. The van der Waals surface area contributed by atoms with E-state index >= 15 is 0 Å². The Morgan fingerprint density at radius 2 is 2.21 bits per heavy atom. The van der Waals surface area contributed by atoms with Crippen LogP contribution in [-0.2, 0) is 4.74 Å². The molecule has 0 atom stereocenters. The van der Waals surface area contributed by atoms with E-state index in [0.29, 0.717) is 11.4 Å². The Hall–Kier alpha value is -2.22. The fraction of sp³-hybridized carbons (Fsp3) is 0.429. The molecule has 0 fully saturated rings. The highest BCUT2D eigenvalue weighted by Gasteiger charge is 2.14. The summed E-state index contributed by atoms with van der Waals surface area (Å²) < 4.78 is 10.2. The van der Waals surface area contributed by atoms with Crippen LogP contribution in [0.3, 0.4) is 0 Å². The van der Waals surface area contributed by atoms with Crippen LogP contribution in [0, 0.1) is 11.8 Å². The Morgan fingerprint density at radius 3 is 2.84 bits per heavy atom. The lowest BCUT2D eigenvalue weighted by atomic mass is 10.2. The minimum absolute atomic E-state index is 0.189. The summed E-state index contributed by atoms with van der Waals surface area (Å²) >= 11 is 0. The van der Waals surface area contributed by atoms with Crippen molar-refractivity contribution in [2.45, 2.75) is 26.4 Å². The van der Waals surface area contributed by atoms with Crippen molar-refractivity contribution in [1.29, 1.82) is 0 Å². The number of carbonyl (C=O) groups excluding carboxylic acids is 1. The van der Waals surface area contributed by atoms with Crippen LogP contribution in [0.2, 0.25) is 0 Å². The fourth-order valence-corrected chi connectivity index (χ4v) is 1.21. The van der Waals surface area contributed by atoms with Crippen LogP contribution in [0.5, 0.6) is 5.75 Å². The van der Waals surface area contributed by atoms with Crippen LogP contribution >= 0.6 is 0 Å². The number of rotatable bonds is 2. The van der Waals surface area contributed by atoms with Crippen LogP contribution in [0.4, 0.5) is 4.79 Å². The van der Waals surface area contributed by atoms with Gasteiger partial charge in [-0.15, -0.1) is 0 Å². The highest BCUT2D eigenvalue weighted by atomic mass is 16.6. The molecule has 0 spiro atoms. The third-order valence-corrected chi connectivity index (χ3v) is 1.92. The molecule has 0 aliphatic rings. The van der Waals surface area contributed by atoms with Gasteiger partial charge in [0.2, 0.25) is 0 Å². The van der Waals surface area contributed by atoms with Crippen LogP contribution in [0.1, 0.15) is 26.5 Å². The maximum Gasteiger partial charge on any atom is 0.408 e. The summed E-state index contributed by atoms with van der Waals surface area (Å²) in [5, 5.41) is 2.54. The summed E-state index contributed by atoms with van der Waals surface area (Å²) in [6.45, 7) is 5.60. The molecule has 0 aromatic carbocycles. The number of aromatic nitrogens is 1. The topological polar surface area (TPSA) is 60.5 Å². The zero-order chi connectivity index (χ0) is 14.3. The van der Waals surface area contributed by atoms with Gasteiger partial charge < -0.3 is 14.8 Å². The molecule has 1 aromatic heterocycles. The molecule has 0 saturated carbocycles. The first-order valence-electron chi connectivity index (χ1n) is 5.87. The first-order valence-corrected chi connectivity index (χ1v) is 5.87. The van der Waals surface area contributed by atoms with E-state index < -0.39 is 11.7 Å². The molecular formula is C14H18N2O3. The average molecular weight is 262 g/mol. The maximum atomic E-state index is 11.4. The minimum atomic E-state index is -0.512. The van der Waals surface area contributed by atoms with E-state index in [1.165, 1.54) is 0 Å². The molecule has 0 saturated heterocycles. The number of alkyl carbamates (subject to hydrolysis) is 1. The molecule has 1 rings (SSSR count). The van der Waals surface area contributed by atoms with Gasteiger partial charge in [0.15, 0.2) is 11.4 Å². The second kappa shape index (κ2) is 6.64. The van der Waals surface area contributed by atoms with E-state index in [1.54, 1.807) is 46.2 Å². The van der Waals surface area contributed by atoms with Crippen LogP contribution < -0.4 is 10.1 Å². The summed E-state index contributed by atoms with van der Waals surface area (Å²) in [7, 11) is 1.56. The lowest BCUT2D eigenvalue weighted by Gasteiger charge is -2.18. The van der Waals surface area contributed by atoms with E-state index in [-0.39, 0.29) is 6.54 Å². The highest BCUT2D eigenvalue weighted by Crippen LogP contribution is 2.12. The first-order chi connectivity index (χ1) is 8.92. The number of hydrogen-bond acceptors (Lipinski definition) is 4. The first kappa shape index (κ1) is 14.8. The normalized spacial score (nSPS) is 10.1. The highest BCUT2D eigenvalue weighted by molar-refractivity contribution is 5.68. The Labute approximate surface area is 113 Å². The molecule has 5 heteroatoms. The van der Waals surface area contributed by atoms with Crippen molar-refractivity contribution in [3.63, 3.8) is 0 Å². The molecule has 0 radical (unpaired) electrons. The second-order valence-electron chi connectivity index (χ2n) is 4.71. The Balaban J connectivity index is 2.50. The number of nitrogens with one attached hydrogen (secondary N) is 1. The monoisotopic (exact) mass is 262 g/mol. The second-order valence-corrected chi connectivity index (χ2v) is 4.71. The zero-order valence-corrected chi connectivity index (χ0v) is 11.6. The van der Waals surface area contributed by atoms with Crippen molar-refractivity contribution in [1.82, 2.24) is 10.3 Å². The summed E-state index contributed by atoms with van der Waals surface area (Å²) in [6, 6.07) is 3.54. The molecule has 5 nitrogen and oxygen atoms in total. The fourth-order valence-electron chi connectivity index (χ4n) is 1.21. The van der Waals surface area contributed by atoms with Crippen molar-refractivity contribution in [3.8, 4) is 17.6 Å². The molecule has 1 aromatic rings. The predicted molar refractivity (Wildman–Crippen MR) is 71.9 cm³/mol. The average Bonchev–Trinajstić information content (AvgIpc) is 2.33. The number of pyridine rings is 1. The van der Waals surface area contributed by atoms with E-state index in [2.05, 4.69) is 22.1 Å². The number of amides is 1. The van der Waals surface area contributed by atoms with Gasteiger partial charge >= 0.3 is 6.09 Å². The maximum absolute atomic E-state index is 11.4. The van der Waals surface area contributed by atoms with E-state index in [0.717, 1.165) is 0 Å². The Kier molecular flexibility index (Phi) is 5.19. The van der Waals surface area contributed by atoms with Gasteiger partial charge in [-0.05, 0) is 38.8 Å². The van der Waals surface area contributed by atoms with Crippen molar-refractivity contribution < 1.29 is 14.3 Å². The molecular weight excluding hydrogens is 244 g/mol. The van der Waals surface area contributed by atoms with Gasteiger partial charge in [0, 0.05) is 6.20 Å². The number of methoxy groups -OCH3 is 1. The van der Waals surface area contributed by atoms with Crippen molar-refractivity contribution in [2.75, 3.05) is 13.7 Å². The van der Waals surface area contributed by atoms with Crippen molar-refractivity contribution >= 4 is 6.09 Å². The number of ether oxygens (including phenoxy) is 2. The molecule has 0 aliphatic heterocycles. The van der Waals surface area contributed by atoms with E-state index in [1.807, 2.05) is 0 Å². The smallest absolute Gasteiger partial charge is 0.408 e. The van der Waals surface area contributed by atoms with Gasteiger partial charge in [0.25, 0.3) is 0 Å². The third kappa shape index (κ3) is 5.77. The molecule has 0 bridgehead atoms. The van der Waals surface area contributed by atoms with E-state index in [4.69, 9.17) is 9.47 Å². The van der Waals surface area contributed by atoms with Gasteiger partial charge in [-0.1, -0.05) is 5.92 Å². The molecule has 1 N–H and O–H groups in total. The summed E-state index contributed by atoms with van der Waals surface area (Å²) in [6.07, 6.45) is 1.14.